The first kappa shape index (κ1) is 17.9. The Morgan fingerprint density at radius 2 is 2.19 bits per heavy atom. The molecule has 8 heteroatoms. The Hall–Kier alpha value is -2.93. The molecule has 2 aromatic heterocycles. The van der Waals surface area contributed by atoms with E-state index in [1.807, 2.05) is 12.1 Å². The first-order valence-electron chi connectivity index (χ1n) is 7.89. The molecule has 0 fully saturated rings. The normalized spacial score (nSPS) is 10.6. The highest BCUT2D eigenvalue weighted by Gasteiger charge is 2.14. The van der Waals surface area contributed by atoms with Crippen LogP contribution in [0.15, 0.2) is 55.2 Å². The van der Waals surface area contributed by atoms with Crippen LogP contribution in [0.4, 0.5) is 9.18 Å². The molecular weight excluding hydrogens is 357 g/mol. The number of benzene rings is 1. The smallest absolute Gasteiger partial charge is 0.317 e. The van der Waals surface area contributed by atoms with Crippen LogP contribution in [0.25, 0.3) is 5.82 Å². The Bertz CT molecular complexity index is 863. The Morgan fingerprint density at radius 3 is 2.85 bits per heavy atom. The van der Waals surface area contributed by atoms with Gasteiger partial charge in [-0.25, -0.2) is 19.2 Å². The second kappa shape index (κ2) is 7.97. The molecule has 0 aliphatic rings. The molecule has 26 heavy (non-hydrogen) atoms. The van der Waals surface area contributed by atoms with Crippen molar-refractivity contribution in [3.05, 3.63) is 77.2 Å². The summed E-state index contributed by atoms with van der Waals surface area (Å²) in [7, 11) is 1.58. The minimum Gasteiger partial charge on any atom is -0.334 e. The largest absolute Gasteiger partial charge is 0.334 e. The quantitative estimate of drug-likeness (QED) is 0.745. The monoisotopic (exact) mass is 373 g/mol. The summed E-state index contributed by atoms with van der Waals surface area (Å²) in [6.45, 7) is 0.389. The van der Waals surface area contributed by atoms with Crippen molar-refractivity contribution in [1.82, 2.24) is 24.8 Å². The third-order valence-electron chi connectivity index (χ3n) is 3.83. The lowest BCUT2D eigenvalue weighted by atomic mass is 10.2. The molecule has 0 unspecified atom stereocenters. The number of pyridine rings is 1. The summed E-state index contributed by atoms with van der Waals surface area (Å²) >= 11 is 6.00. The van der Waals surface area contributed by atoms with Crippen LogP contribution in [0.3, 0.4) is 0 Å². The summed E-state index contributed by atoms with van der Waals surface area (Å²) in [5.41, 5.74) is 1.14. The van der Waals surface area contributed by atoms with Gasteiger partial charge in [0.25, 0.3) is 0 Å². The highest BCUT2D eigenvalue weighted by molar-refractivity contribution is 6.31. The average Bonchev–Trinajstić information content (AvgIpc) is 3.18. The van der Waals surface area contributed by atoms with E-state index in [2.05, 4.69) is 15.3 Å². The second-order valence-corrected chi connectivity index (χ2v) is 6.12. The van der Waals surface area contributed by atoms with Crippen LogP contribution in [0.5, 0.6) is 0 Å². The molecule has 2 amide bonds. The lowest BCUT2D eigenvalue weighted by Gasteiger charge is -2.19. The van der Waals surface area contributed by atoms with Gasteiger partial charge in [0.15, 0.2) is 0 Å². The Balaban J connectivity index is 1.56. The van der Waals surface area contributed by atoms with Gasteiger partial charge in [0, 0.05) is 42.8 Å². The Morgan fingerprint density at radius 1 is 1.35 bits per heavy atom. The van der Waals surface area contributed by atoms with E-state index in [1.54, 1.807) is 42.6 Å². The molecule has 1 aromatic carbocycles. The van der Waals surface area contributed by atoms with Crippen molar-refractivity contribution in [2.75, 3.05) is 7.05 Å². The van der Waals surface area contributed by atoms with Crippen LogP contribution in [-0.4, -0.2) is 32.5 Å². The number of hydrogen-bond donors (Lipinski definition) is 1. The summed E-state index contributed by atoms with van der Waals surface area (Å²) < 4.78 is 15.6. The zero-order valence-electron chi connectivity index (χ0n) is 14.1. The predicted molar refractivity (Wildman–Crippen MR) is 96.5 cm³/mol. The summed E-state index contributed by atoms with van der Waals surface area (Å²) in [5, 5.41) is 3.07. The lowest BCUT2D eigenvalue weighted by Crippen LogP contribution is -2.36. The second-order valence-electron chi connectivity index (χ2n) is 5.71. The van der Waals surface area contributed by atoms with E-state index in [0.29, 0.717) is 11.6 Å². The number of aromatic nitrogens is 3. The van der Waals surface area contributed by atoms with E-state index in [9.17, 15) is 9.18 Å². The standard InChI is InChI=1S/C18H17ClFN5O/c1-24(11-14-15(19)3-2-4-16(14)20)18(26)23-10-13-5-6-17(22-9-13)25-8-7-21-12-25/h2-9,12H,10-11H2,1H3,(H,23,26). The fourth-order valence-corrected chi connectivity index (χ4v) is 2.60. The van der Waals surface area contributed by atoms with E-state index in [0.717, 1.165) is 11.4 Å². The molecule has 0 radical (unpaired) electrons. The van der Waals surface area contributed by atoms with Gasteiger partial charge in [-0.3, -0.25) is 4.57 Å². The molecule has 0 atom stereocenters. The fraction of sp³-hybridized carbons (Fsp3) is 0.167. The van der Waals surface area contributed by atoms with Crippen LogP contribution in [-0.2, 0) is 13.1 Å². The highest BCUT2D eigenvalue weighted by Crippen LogP contribution is 2.20. The maximum atomic E-state index is 13.8. The van der Waals surface area contributed by atoms with Gasteiger partial charge in [-0.05, 0) is 23.8 Å². The molecule has 0 bridgehead atoms. The van der Waals surface area contributed by atoms with Gasteiger partial charge in [0.2, 0.25) is 0 Å². The summed E-state index contributed by atoms with van der Waals surface area (Å²) in [6.07, 6.45) is 6.82. The lowest BCUT2D eigenvalue weighted by molar-refractivity contribution is 0.206. The zero-order valence-corrected chi connectivity index (χ0v) is 14.8. The first-order chi connectivity index (χ1) is 12.5. The number of nitrogens with one attached hydrogen (secondary N) is 1. The Kier molecular flexibility index (Phi) is 5.48. The van der Waals surface area contributed by atoms with Crippen molar-refractivity contribution in [3.8, 4) is 5.82 Å². The SMILES string of the molecule is CN(Cc1c(F)cccc1Cl)C(=O)NCc1ccc(-n2ccnc2)nc1. The number of urea groups is 1. The maximum Gasteiger partial charge on any atom is 0.317 e. The molecular formula is C18H17ClFN5O. The zero-order chi connectivity index (χ0) is 18.5. The van der Waals surface area contributed by atoms with Gasteiger partial charge in [0.1, 0.15) is 18.0 Å². The first-order valence-corrected chi connectivity index (χ1v) is 8.27. The molecule has 0 aliphatic heterocycles. The molecule has 6 nitrogen and oxygen atoms in total. The molecule has 134 valence electrons. The van der Waals surface area contributed by atoms with Crippen molar-refractivity contribution >= 4 is 17.6 Å². The van der Waals surface area contributed by atoms with Crippen LogP contribution in [0, 0.1) is 5.82 Å². The number of nitrogens with zero attached hydrogens (tertiary/aromatic N) is 4. The van der Waals surface area contributed by atoms with Crippen LogP contribution < -0.4 is 5.32 Å². The number of imidazole rings is 1. The third-order valence-corrected chi connectivity index (χ3v) is 4.18. The van der Waals surface area contributed by atoms with Gasteiger partial charge in [-0.15, -0.1) is 0 Å². The molecule has 3 aromatic rings. The van der Waals surface area contributed by atoms with Crippen molar-refractivity contribution in [1.29, 1.82) is 0 Å². The number of amides is 2. The van der Waals surface area contributed by atoms with Crippen LogP contribution in [0.1, 0.15) is 11.1 Å². The maximum absolute atomic E-state index is 13.8. The van der Waals surface area contributed by atoms with Crippen molar-refractivity contribution in [2.45, 2.75) is 13.1 Å². The van der Waals surface area contributed by atoms with Crippen LogP contribution in [0.2, 0.25) is 5.02 Å². The number of halogens is 2. The van der Waals surface area contributed by atoms with Crippen molar-refractivity contribution in [2.24, 2.45) is 0 Å². The summed E-state index contributed by atoms with van der Waals surface area (Å²) in [5.74, 6) is 0.306. The Labute approximate surface area is 155 Å². The molecule has 3 rings (SSSR count). The molecule has 0 spiro atoms. The van der Waals surface area contributed by atoms with Crippen molar-refractivity contribution < 1.29 is 9.18 Å². The van der Waals surface area contributed by atoms with Gasteiger partial charge >= 0.3 is 6.03 Å². The highest BCUT2D eigenvalue weighted by atomic mass is 35.5. The van der Waals surface area contributed by atoms with Gasteiger partial charge in [-0.1, -0.05) is 23.7 Å². The summed E-state index contributed by atoms with van der Waals surface area (Å²) in [6, 6.07) is 7.83. The average molecular weight is 374 g/mol. The van der Waals surface area contributed by atoms with E-state index in [-0.39, 0.29) is 18.1 Å². The van der Waals surface area contributed by atoms with Gasteiger partial charge in [-0.2, -0.15) is 0 Å². The number of carbonyl (C=O) groups excluding carboxylic acids is 1. The van der Waals surface area contributed by atoms with E-state index in [1.165, 1.54) is 17.0 Å². The van der Waals surface area contributed by atoms with E-state index >= 15 is 0 Å². The fourth-order valence-electron chi connectivity index (χ4n) is 2.37. The molecule has 0 saturated carbocycles. The number of hydrogen-bond acceptors (Lipinski definition) is 3. The molecule has 0 aliphatic carbocycles. The summed E-state index contributed by atoms with van der Waals surface area (Å²) in [4.78, 5) is 21.9. The van der Waals surface area contributed by atoms with Gasteiger partial charge < -0.3 is 10.2 Å². The van der Waals surface area contributed by atoms with Crippen molar-refractivity contribution in [3.63, 3.8) is 0 Å². The topological polar surface area (TPSA) is 63.1 Å². The predicted octanol–water partition coefficient (Wildman–Crippen LogP) is 3.40. The molecule has 2 heterocycles. The van der Waals surface area contributed by atoms with Crippen LogP contribution >= 0.6 is 11.6 Å². The van der Waals surface area contributed by atoms with E-state index < -0.39 is 5.82 Å². The van der Waals surface area contributed by atoms with E-state index in [4.69, 9.17) is 11.6 Å². The minimum absolute atomic E-state index is 0.0785. The molecule has 1 N–H and O–H groups in total. The number of rotatable bonds is 5. The minimum atomic E-state index is -0.434. The number of carbonyl (C=O) groups is 1. The third kappa shape index (κ3) is 4.18. The molecule has 0 saturated heterocycles. The van der Waals surface area contributed by atoms with Gasteiger partial charge in [0.05, 0.1) is 6.54 Å².